The highest BCUT2D eigenvalue weighted by Gasteiger charge is 2.41. The monoisotopic (exact) mass is 508 g/mol. The Morgan fingerprint density at radius 2 is 1.91 bits per heavy atom. The van der Waals surface area contributed by atoms with Crippen molar-refractivity contribution < 1.29 is 9.59 Å². The molecule has 2 amide bonds. The Kier molecular flexibility index (Phi) is 6.80. The van der Waals surface area contributed by atoms with Crippen LogP contribution in [-0.4, -0.2) is 33.8 Å². The number of aliphatic imine (C=N–C) groups is 2. The molecular formula is C25H21ClN4O2S2. The van der Waals surface area contributed by atoms with E-state index in [9.17, 15) is 9.59 Å². The van der Waals surface area contributed by atoms with E-state index in [2.05, 4.69) is 10.3 Å². The number of thiophene rings is 1. The normalized spacial score (nSPS) is 16.6. The largest absolute Gasteiger partial charge is 0.351 e. The van der Waals surface area contributed by atoms with E-state index in [4.69, 9.17) is 16.6 Å². The van der Waals surface area contributed by atoms with Crippen molar-refractivity contribution in [2.75, 3.05) is 0 Å². The first kappa shape index (κ1) is 22.8. The number of hydrogen-bond acceptors (Lipinski definition) is 6. The molecule has 0 saturated heterocycles. The molecule has 0 saturated carbocycles. The lowest BCUT2D eigenvalue weighted by molar-refractivity contribution is -0.122. The van der Waals surface area contributed by atoms with Gasteiger partial charge in [0.05, 0.1) is 12.2 Å². The summed E-state index contributed by atoms with van der Waals surface area (Å²) in [5.74, 6) is 0.867. The Bertz CT molecular complexity index is 1290. The molecule has 172 valence electrons. The molecule has 1 atom stereocenters. The van der Waals surface area contributed by atoms with Crippen LogP contribution in [0, 0.1) is 0 Å². The van der Waals surface area contributed by atoms with E-state index < -0.39 is 6.04 Å². The highest BCUT2D eigenvalue weighted by atomic mass is 35.5. The van der Waals surface area contributed by atoms with Crippen molar-refractivity contribution in [2.24, 2.45) is 9.98 Å². The van der Waals surface area contributed by atoms with Crippen LogP contribution in [0.4, 0.5) is 5.69 Å². The molecule has 0 radical (unpaired) electrons. The van der Waals surface area contributed by atoms with Crippen LogP contribution in [-0.2, 0) is 21.9 Å². The van der Waals surface area contributed by atoms with Gasteiger partial charge in [-0.2, -0.15) is 4.99 Å². The zero-order chi connectivity index (χ0) is 23.5. The van der Waals surface area contributed by atoms with Crippen LogP contribution >= 0.6 is 34.7 Å². The number of para-hydroxylation sites is 1. The first-order valence-corrected chi connectivity index (χ1v) is 13.1. The van der Waals surface area contributed by atoms with Gasteiger partial charge in [0, 0.05) is 27.6 Å². The predicted octanol–water partition coefficient (Wildman–Crippen LogP) is 5.39. The summed E-state index contributed by atoms with van der Waals surface area (Å²) in [5, 5.41) is 6.29. The standard InChI is InChI=1S/C25H21ClN4O2S2/c26-19-9-3-1-6-16(19)15-34-25-28-20-10-4-2-8-18(20)23-29-24(32)21(30(23)25)11-12-22(31)27-14-17-7-5-13-33-17/h1-10,13,21H,11-12,14-15H2,(H,27,31). The number of carbonyl (C=O) groups is 2. The summed E-state index contributed by atoms with van der Waals surface area (Å²) in [6.07, 6.45) is 0.584. The maximum absolute atomic E-state index is 12.9. The van der Waals surface area contributed by atoms with E-state index >= 15 is 0 Å². The average molecular weight is 509 g/mol. The Labute approximate surface area is 210 Å². The Morgan fingerprint density at radius 3 is 2.74 bits per heavy atom. The van der Waals surface area contributed by atoms with Gasteiger partial charge in [-0.15, -0.1) is 11.3 Å². The lowest BCUT2D eigenvalue weighted by Gasteiger charge is -2.31. The smallest absolute Gasteiger partial charge is 0.270 e. The highest BCUT2D eigenvalue weighted by Crippen LogP contribution is 2.36. The van der Waals surface area contributed by atoms with Crippen LogP contribution in [0.25, 0.3) is 0 Å². The number of amidine groups is 2. The molecule has 5 rings (SSSR count). The summed E-state index contributed by atoms with van der Waals surface area (Å²) in [7, 11) is 0. The van der Waals surface area contributed by atoms with Crippen LogP contribution in [0.3, 0.4) is 0 Å². The second kappa shape index (κ2) is 10.1. The number of carbonyl (C=O) groups excluding carboxylic acids is 2. The van der Waals surface area contributed by atoms with Crippen LogP contribution in [0.15, 0.2) is 76.0 Å². The summed E-state index contributed by atoms with van der Waals surface area (Å²) in [6, 6.07) is 18.7. The number of benzene rings is 2. The number of hydrogen-bond donors (Lipinski definition) is 1. The van der Waals surface area contributed by atoms with Crippen LogP contribution < -0.4 is 5.32 Å². The molecule has 0 spiro atoms. The fraction of sp³-hybridized carbons (Fsp3) is 0.200. The molecule has 9 heteroatoms. The number of halogens is 1. The van der Waals surface area contributed by atoms with Crippen molar-refractivity contribution in [3.05, 3.63) is 87.1 Å². The maximum Gasteiger partial charge on any atom is 0.270 e. The van der Waals surface area contributed by atoms with E-state index in [0.29, 0.717) is 34.7 Å². The zero-order valence-corrected chi connectivity index (χ0v) is 20.5. The van der Waals surface area contributed by atoms with Gasteiger partial charge in [0.1, 0.15) is 11.9 Å². The van der Waals surface area contributed by atoms with E-state index in [1.165, 1.54) is 11.8 Å². The van der Waals surface area contributed by atoms with E-state index in [0.717, 1.165) is 21.7 Å². The molecule has 34 heavy (non-hydrogen) atoms. The van der Waals surface area contributed by atoms with Crippen LogP contribution in [0.5, 0.6) is 0 Å². The van der Waals surface area contributed by atoms with Crippen molar-refractivity contribution in [1.29, 1.82) is 0 Å². The molecule has 2 aromatic carbocycles. The van der Waals surface area contributed by atoms with Crippen molar-refractivity contribution >= 4 is 63.2 Å². The van der Waals surface area contributed by atoms with Gasteiger partial charge in [0.25, 0.3) is 5.91 Å². The van der Waals surface area contributed by atoms with Crippen LogP contribution in [0.1, 0.15) is 28.8 Å². The molecule has 1 aromatic heterocycles. The second-order valence-corrected chi connectivity index (χ2v) is 10.2. The third-order valence-electron chi connectivity index (χ3n) is 5.61. The molecule has 0 bridgehead atoms. The van der Waals surface area contributed by atoms with E-state index in [-0.39, 0.29) is 18.2 Å². The Hall–Kier alpha value is -2.94. The molecular weight excluding hydrogens is 488 g/mol. The highest BCUT2D eigenvalue weighted by molar-refractivity contribution is 8.13. The number of nitrogens with one attached hydrogen (secondary N) is 1. The number of rotatable bonds is 7. The van der Waals surface area contributed by atoms with E-state index in [1.807, 2.05) is 70.9 Å². The average Bonchev–Trinajstić information content (AvgIpc) is 3.48. The molecule has 2 aliphatic heterocycles. The lowest BCUT2D eigenvalue weighted by atomic mass is 10.1. The molecule has 3 aromatic rings. The minimum Gasteiger partial charge on any atom is -0.351 e. The second-order valence-electron chi connectivity index (χ2n) is 7.85. The van der Waals surface area contributed by atoms with Gasteiger partial charge >= 0.3 is 0 Å². The lowest BCUT2D eigenvalue weighted by Crippen LogP contribution is -2.44. The van der Waals surface area contributed by atoms with Gasteiger partial charge < -0.3 is 5.32 Å². The minimum absolute atomic E-state index is 0.0886. The number of fused-ring (bicyclic) bond motifs is 3. The summed E-state index contributed by atoms with van der Waals surface area (Å²) in [6.45, 7) is 0.494. The summed E-state index contributed by atoms with van der Waals surface area (Å²) < 4.78 is 0. The molecule has 0 aliphatic carbocycles. The number of thioether (sulfide) groups is 1. The summed E-state index contributed by atoms with van der Waals surface area (Å²) in [4.78, 5) is 37.6. The van der Waals surface area contributed by atoms with Gasteiger partial charge in [0.15, 0.2) is 5.17 Å². The zero-order valence-electron chi connectivity index (χ0n) is 18.1. The maximum atomic E-state index is 12.9. The number of amides is 2. The molecule has 0 fully saturated rings. The SMILES string of the molecule is O=C(CCC1C(=O)N=C2c3ccccc3N=C(SCc3ccccc3Cl)N21)NCc1cccs1. The van der Waals surface area contributed by atoms with Gasteiger partial charge in [0.2, 0.25) is 5.91 Å². The van der Waals surface area contributed by atoms with Crippen molar-refractivity contribution in [3.63, 3.8) is 0 Å². The first-order chi connectivity index (χ1) is 16.6. The summed E-state index contributed by atoms with van der Waals surface area (Å²) >= 11 is 9.46. The first-order valence-electron chi connectivity index (χ1n) is 10.9. The third kappa shape index (κ3) is 4.80. The van der Waals surface area contributed by atoms with Gasteiger partial charge in [-0.05, 0) is 41.6 Å². The number of nitrogens with zero attached hydrogens (tertiary/aromatic N) is 3. The fourth-order valence-electron chi connectivity index (χ4n) is 3.89. The van der Waals surface area contributed by atoms with Crippen molar-refractivity contribution in [1.82, 2.24) is 10.2 Å². The molecule has 1 unspecified atom stereocenters. The third-order valence-corrected chi connectivity index (χ3v) is 7.85. The van der Waals surface area contributed by atoms with Crippen LogP contribution in [0.2, 0.25) is 5.02 Å². The van der Waals surface area contributed by atoms with Gasteiger partial charge in [-0.3, -0.25) is 14.5 Å². The predicted molar refractivity (Wildman–Crippen MR) is 139 cm³/mol. The molecule has 2 aliphatic rings. The van der Waals surface area contributed by atoms with Crippen molar-refractivity contribution in [2.45, 2.75) is 31.2 Å². The van der Waals surface area contributed by atoms with Gasteiger partial charge in [-0.25, -0.2) is 4.99 Å². The molecule has 1 N–H and O–H groups in total. The van der Waals surface area contributed by atoms with E-state index in [1.54, 1.807) is 11.3 Å². The topological polar surface area (TPSA) is 74.1 Å². The minimum atomic E-state index is -0.562. The quantitative estimate of drug-likeness (QED) is 0.464. The Morgan fingerprint density at radius 1 is 1.09 bits per heavy atom. The Balaban J connectivity index is 1.33. The molecule has 6 nitrogen and oxygen atoms in total. The van der Waals surface area contributed by atoms with Crippen molar-refractivity contribution in [3.8, 4) is 0 Å². The van der Waals surface area contributed by atoms with Gasteiger partial charge in [-0.1, -0.05) is 59.8 Å². The summed E-state index contributed by atoms with van der Waals surface area (Å²) in [5.41, 5.74) is 2.59. The fourth-order valence-corrected chi connectivity index (χ4v) is 5.87. The molecule has 3 heterocycles.